The zero-order valence-corrected chi connectivity index (χ0v) is 17.5. The summed E-state index contributed by atoms with van der Waals surface area (Å²) in [5, 5.41) is 2.99. The molecule has 6 heteroatoms. The van der Waals surface area contributed by atoms with Gasteiger partial charge in [-0.05, 0) is 62.2 Å². The van der Waals surface area contributed by atoms with E-state index >= 15 is 0 Å². The molecule has 0 aromatic heterocycles. The molecule has 3 aromatic rings. The third-order valence-corrected chi connectivity index (χ3v) is 6.08. The molecule has 0 aliphatic rings. The first-order valence-electron chi connectivity index (χ1n) is 9.32. The van der Waals surface area contributed by atoms with E-state index in [-0.39, 0.29) is 16.8 Å². The Labute approximate surface area is 171 Å². The fourth-order valence-electron chi connectivity index (χ4n) is 3.12. The Hall–Kier alpha value is -3.12. The third-order valence-electron chi connectivity index (χ3n) is 4.68. The van der Waals surface area contributed by atoms with Gasteiger partial charge in [0.05, 0.1) is 10.9 Å². The first-order valence-corrected chi connectivity index (χ1v) is 10.8. The molecule has 0 aliphatic carbocycles. The zero-order valence-electron chi connectivity index (χ0n) is 16.6. The van der Waals surface area contributed by atoms with Crippen molar-refractivity contribution in [3.05, 3.63) is 95.1 Å². The van der Waals surface area contributed by atoms with Crippen molar-refractivity contribution in [2.45, 2.75) is 31.7 Å². The summed E-state index contributed by atoms with van der Waals surface area (Å²) in [6.45, 7) is 5.96. The smallest absolute Gasteiger partial charge is 0.261 e. The van der Waals surface area contributed by atoms with E-state index in [0.717, 1.165) is 16.7 Å². The van der Waals surface area contributed by atoms with Crippen LogP contribution in [0.3, 0.4) is 0 Å². The lowest BCUT2D eigenvalue weighted by Gasteiger charge is -2.18. The number of hydrogen-bond acceptors (Lipinski definition) is 3. The Morgan fingerprint density at radius 3 is 2.34 bits per heavy atom. The minimum absolute atomic E-state index is 0.165. The van der Waals surface area contributed by atoms with Gasteiger partial charge in [0.1, 0.15) is 0 Å². The van der Waals surface area contributed by atoms with Crippen LogP contribution in [0.4, 0.5) is 5.69 Å². The van der Waals surface area contributed by atoms with Crippen molar-refractivity contribution < 1.29 is 13.2 Å². The maximum atomic E-state index is 12.7. The molecule has 0 saturated heterocycles. The van der Waals surface area contributed by atoms with E-state index in [4.69, 9.17) is 0 Å². The molecule has 5 nitrogen and oxygen atoms in total. The molecule has 0 aliphatic heterocycles. The molecule has 0 spiro atoms. The molecule has 0 fully saturated rings. The normalized spacial score (nSPS) is 12.2. The number of aryl methyl sites for hydroxylation is 2. The first-order chi connectivity index (χ1) is 13.8. The fraction of sp³-hybridized carbons (Fsp3) is 0.174. The van der Waals surface area contributed by atoms with Gasteiger partial charge in [-0.25, -0.2) is 8.42 Å². The van der Waals surface area contributed by atoms with Gasteiger partial charge in [-0.1, -0.05) is 48.0 Å². The average Bonchev–Trinajstić information content (AvgIpc) is 2.70. The molecule has 3 rings (SSSR count). The number of carbonyl (C=O) groups is 1. The predicted octanol–water partition coefficient (Wildman–Crippen LogP) is 4.60. The Kier molecular flexibility index (Phi) is 6.03. The van der Waals surface area contributed by atoms with Gasteiger partial charge >= 0.3 is 0 Å². The number of anilines is 1. The standard InChI is InChI=1S/C23H24N2O3S/c1-16-12-13-17(2)22(14-16)18(3)24-23(26)19-8-7-9-20(15-19)25-29(27,28)21-10-5-4-6-11-21/h4-15,18,25H,1-3H3,(H,24,26)/t18-/m0/s1. The minimum atomic E-state index is -3.71. The monoisotopic (exact) mass is 408 g/mol. The van der Waals surface area contributed by atoms with Crippen molar-refractivity contribution in [2.75, 3.05) is 4.72 Å². The van der Waals surface area contributed by atoms with E-state index < -0.39 is 10.0 Å². The Morgan fingerprint density at radius 1 is 0.897 bits per heavy atom. The average molecular weight is 409 g/mol. The molecule has 1 atom stereocenters. The molecule has 3 aromatic carbocycles. The Bertz CT molecular complexity index is 1130. The largest absolute Gasteiger partial charge is 0.346 e. The first kappa shape index (κ1) is 20.6. The summed E-state index contributed by atoms with van der Waals surface area (Å²) in [6, 6.07) is 20.5. The second-order valence-electron chi connectivity index (χ2n) is 7.05. The number of carbonyl (C=O) groups excluding carboxylic acids is 1. The summed E-state index contributed by atoms with van der Waals surface area (Å²) < 4.78 is 27.5. The number of rotatable bonds is 6. The Morgan fingerprint density at radius 2 is 1.62 bits per heavy atom. The maximum absolute atomic E-state index is 12.7. The lowest BCUT2D eigenvalue weighted by atomic mass is 9.99. The molecular weight excluding hydrogens is 384 g/mol. The van der Waals surface area contributed by atoms with Crippen LogP contribution in [0.15, 0.2) is 77.7 Å². The molecule has 2 N–H and O–H groups in total. The van der Waals surface area contributed by atoms with Crippen LogP contribution in [0.5, 0.6) is 0 Å². The molecule has 0 bridgehead atoms. The van der Waals surface area contributed by atoms with Crippen LogP contribution in [0.1, 0.15) is 40.0 Å². The quantitative estimate of drug-likeness (QED) is 0.626. The zero-order chi connectivity index (χ0) is 21.0. The molecule has 0 heterocycles. The van der Waals surface area contributed by atoms with Crippen LogP contribution >= 0.6 is 0 Å². The number of hydrogen-bond donors (Lipinski definition) is 2. The van der Waals surface area contributed by atoms with Crippen LogP contribution in [0, 0.1) is 13.8 Å². The molecule has 150 valence electrons. The summed E-state index contributed by atoms with van der Waals surface area (Å²) in [5.41, 5.74) is 4.01. The lowest BCUT2D eigenvalue weighted by molar-refractivity contribution is 0.0940. The van der Waals surface area contributed by atoms with Crippen molar-refractivity contribution in [3.8, 4) is 0 Å². The van der Waals surface area contributed by atoms with E-state index in [1.54, 1.807) is 36.4 Å². The van der Waals surface area contributed by atoms with Crippen LogP contribution in [-0.2, 0) is 10.0 Å². The predicted molar refractivity (Wildman–Crippen MR) is 115 cm³/mol. The van der Waals surface area contributed by atoms with Gasteiger partial charge in [0.2, 0.25) is 0 Å². The van der Waals surface area contributed by atoms with E-state index in [1.807, 2.05) is 32.9 Å². The number of sulfonamides is 1. The van der Waals surface area contributed by atoms with Crippen LogP contribution in [0.25, 0.3) is 0 Å². The molecule has 0 saturated carbocycles. The number of nitrogens with one attached hydrogen (secondary N) is 2. The Balaban J connectivity index is 1.77. The summed E-state index contributed by atoms with van der Waals surface area (Å²) in [4.78, 5) is 12.9. The molecule has 0 radical (unpaired) electrons. The van der Waals surface area contributed by atoms with Gasteiger partial charge in [-0.2, -0.15) is 0 Å². The van der Waals surface area contributed by atoms with E-state index in [2.05, 4.69) is 16.1 Å². The van der Waals surface area contributed by atoms with Crippen LogP contribution in [0.2, 0.25) is 0 Å². The van der Waals surface area contributed by atoms with E-state index in [9.17, 15) is 13.2 Å². The highest BCUT2D eigenvalue weighted by Crippen LogP contribution is 2.21. The van der Waals surface area contributed by atoms with Crippen LogP contribution in [-0.4, -0.2) is 14.3 Å². The van der Waals surface area contributed by atoms with Gasteiger partial charge in [0.15, 0.2) is 0 Å². The SMILES string of the molecule is Cc1ccc(C)c([C@H](C)NC(=O)c2cccc(NS(=O)(=O)c3ccccc3)c2)c1. The summed E-state index contributed by atoms with van der Waals surface area (Å²) >= 11 is 0. The van der Waals surface area contributed by atoms with Gasteiger partial charge in [-0.3, -0.25) is 9.52 Å². The maximum Gasteiger partial charge on any atom is 0.261 e. The van der Waals surface area contributed by atoms with Crippen molar-refractivity contribution in [1.29, 1.82) is 0 Å². The van der Waals surface area contributed by atoms with Crippen molar-refractivity contribution >= 4 is 21.6 Å². The molecular formula is C23H24N2O3S. The number of benzene rings is 3. The van der Waals surface area contributed by atoms with E-state index in [0.29, 0.717) is 11.3 Å². The van der Waals surface area contributed by atoms with E-state index in [1.165, 1.54) is 18.2 Å². The summed E-state index contributed by atoms with van der Waals surface area (Å²) in [7, 11) is -3.71. The minimum Gasteiger partial charge on any atom is -0.346 e. The fourth-order valence-corrected chi connectivity index (χ4v) is 4.19. The second-order valence-corrected chi connectivity index (χ2v) is 8.74. The highest BCUT2D eigenvalue weighted by Gasteiger charge is 2.16. The lowest BCUT2D eigenvalue weighted by Crippen LogP contribution is -2.27. The second kappa shape index (κ2) is 8.49. The van der Waals surface area contributed by atoms with Gasteiger partial charge < -0.3 is 5.32 Å². The highest BCUT2D eigenvalue weighted by molar-refractivity contribution is 7.92. The van der Waals surface area contributed by atoms with Gasteiger partial charge in [0, 0.05) is 11.3 Å². The van der Waals surface area contributed by atoms with Crippen molar-refractivity contribution in [3.63, 3.8) is 0 Å². The highest BCUT2D eigenvalue weighted by atomic mass is 32.2. The van der Waals surface area contributed by atoms with Crippen LogP contribution < -0.4 is 10.0 Å². The van der Waals surface area contributed by atoms with Gasteiger partial charge in [0.25, 0.3) is 15.9 Å². The summed E-state index contributed by atoms with van der Waals surface area (Å²) in [5.74, 6) is -0.265. The molecule has 0 unspecified atom stereocenters. The topological polar surface area (TPSA) is 75.3 Å². The van der Waals surface area contributed by atoms with Crippen molar-refractivity contribution in [2.24, 2.45) is 0 Å². The van der Waals surface area contributed by atoms with Gasteiger partial charge in [-0.15, -0.1) is 0 Å². The number of amides is 1. The molecule has 1 amide bonds. The third kappa shape index (κ3) is 5.03. The van der Waals surface area contributed by atoms with Crippen molar-refractivity contribution in [1.82, 2.24) is 5.32 Å². The summed E-state index contributed by atoms with van der Waals surface area (Å²) in [6.07, 6.45) is 0. The molecule has 29 heavy (non-hydrogen) atoms.